The zero-order valence-electron chi connectivity index (χ0n) is 40.0. The van der Waals surface area contributed by atoms with E-state index in [1.54, 1.807) is 0 Å². The lowest BCUT2D eigenvalue weighted by Gasteiger charge is -2.51. The van der Waals surface area contributed by atoms with E-state index in [0.717, 1.165) is 17.8 Å². The highest BCUT2D eigenvalue weighted by atomic mass is 15.2. The van der Waals surface area contributed by atoms with E-state index in [1.165, 1.54) is 126 Å². The molecule has 8 aromatic rings. The van der Waals surface area contributed by atoms with Gasteiger partial charge in [-0.15, -0.1) is 0 Å². The van der Waals surface area contributed by atoms with Crippen LogP contribution in [-0.4, -0.2) is 6.85 Å². The van der Waals surface area contributed by atoms with Crippen LogP contribution in [0, 0.1) is 6.92 Å². The number of anilines is 8. The Balaban J connectivity index is 1.15. The Hall–Kier alpha value is -6.52. The van der Waals surface area contributed by atoms with Gasteiger partial charge < -0.3 is 14.6 Å². The molecule has 1 aliphatic carbocycles. The maximum Gasteiger partial charge on any atom is 0.333 e. The summed E-state index contributed by atoms with van der Waals surface area (Å²) < 4.78 is 0. The van der Waals surface area contributed by atoms with Crippen LogP contribution in [0.2, 0.25) is 0 Å². The summed E-state index contributed by atoms with van der Waals surface area (Å²) in [5, 5.41) is 2.56. The van der Waals surface area contributed by atoms with Crippen molar-refractivity contribution >= 4 is 74.0 Å². The Kier molecular flexibility index (Phi) is 9.15. The molecule has 0 fully saturated rings. The van der Waals surface area contributed by atoms with Crippen LogP contribution in [-0.2, 0) is 22.7 Å². The number of nitrogens with zero attached hydrogens (tertiary/aromatic N) is 3. The van der Waals surface area contributed by atoms with Crippen LogP contribution in [0.4, 0.5) is 45.5 Å². The summed E-state index contributed by atoms with van der Waals surface area (Å²) in [7, 11) is 0. The van der Waals surface area contributed by atoms with E-state index < -0.39 is 0 Å². The van der Waals surface area contributed by atoms with Crippen molar-refractivity contribution in [3.05, 3.63) is 191 Å². The second-order valence-electron chi connectivity index (χ2n) is 21.6. The number of hydrogen-bond donors (Lipinski definition) is 0. The van der Waals surface area contributed by atoms with Crippen LogP contribution in [0.5, 0.6) is 0 Å². The Morgan fingerprint density at radius 2 is 1.24 bits per heavy atom. The summed E-state index contributed by atoms with van der Waals surface area (Å²) in [5.74, 6) is 0. The predicted molar refractivity (Wildman–Crippen MR) is 283 cm³/mol. The molecule has 0 radical (unpaired) electrons. The molecule has 0 atom stereocenters. The van der Waals surface area contributed by atoms with E-state index in [4.69, 9.17) is 0 Å². The molecule has 0 N–H and O–H groups in total. The fourth-order valence-electron chi connectivity index (χ4n) is 12.3. The maximum atomic E-state index is 2.74. The standard InChI is InChI=1S/C62H60BN3/c1-9-10-17-41-24-26-45(27-25-41)64(44-20-12-11-13-21-44)46-28-30-48-49-34-40(2)35-57-58(49)63(66(55(48)39-46)47-29-31-50-52(38-47)61(5,6)33-32-60(50,3)4)54-23-16-22-51-59(54)65(57)56-37-43-19-15-14-18-42(43)36-53(56)62(51,7)8/h11-16,18-31,34-39H,9-10,17,32-33H2,1-8H3. The number of unbranched alkanes of at least 4 members (excludes halogenated alkanes) is 1. The summed E-state index contributed by atoms with van der Waals surface area (Å²) in [4.78, 5) is 7.84. The van der Waals surface area contributed by atoms with E-state index in [9.17, 15) is 0 Å². The Bertz CT molecular complexity index is 3250. The summed E-state index contributed by atoms with van der Waals surface area (Å²) in [5.41, 5.74) is 23.5. The average molecular weight is 858 g/mol. The minimum absolute atomic E-state index is 0.0562. The Morgan fingerprint density at radius 3 is 2.00 bits per heavy atom. The molecule has 0 saturated carbocycles. The third-order valence-corrected chi connectivity index (χ3v) is 16.0. The van der Waals surface area contributed by atoms with Crippen molar-refractivity contribution in [2.24, 2.45) is 0 Å². The summed E-state index contributed by atoms with van der Waals surface area (Å²) in [6.45, 7) is 19.2. The molecule has 0 aromatic heterocycles. The topological polar surface area (TPSA) is 9.72 Å². The SMILES string of the molecule is CCCCc1ccc(N(c2ccccc2)c2ccc3c(c2)N(c2ccc4c(c2)C(C)(C)CCC4(C)C)B2c4cccc5c4N(c4cc6ccccc6cc4C5(C)C)c4cc(C)cc-3c42)cc1. The monoisotopic (exact) mass is 857 g/mol. The van der Waals surface area contributed by atoms with Gasteiger partial charge in [-0.2, -0.15) is 0 Å². The van der Waals surface area contributed by atoms with Gasteiger partial charge in [0, 0.05) is 50.8 Å². The van der Waals surface area contributed by atoms with Crippen molar-refractivity contribution in [2.75, 3.05) is 14.6 Å². The summed E-state index contributed by atoms with van der Waals surface area (Å²) in [6, 6.07) is 61.0. The van der Waals surface area contributed by atoms with Gasteiger partial charge in [0.05, 0.1) is 5.69 Å². The first kappa shape index (κ1) is 41.0. The molecular weight excluding hydrogens is 798 g/mol. The lowest BCUT2D eigenvalue weighted by atomic mass is 9.42. The number of hydrogen-bond acceptors (Lipinski definition) is 3. The quantitative estimate of drug-likeness (QED) is 0.148. The van der Waals surface area contributed by atoms with E-state index in [2.05, 4.69) is 228 Å². The van der Waals surface area contributed by atoms with Crippen LogP contribution in [0.15, 0.2) is 158 Å². The van der Waals surface area contributed by atoms with Crippen molar-refractivity contribution in [3.63, 3.8) is 0 Å². The Labute approximate surface area is 392 Å². The first-order valence-electron chi connectivity index (χ1n) is 24.5. The minimum atomic E-state index is -0.223. The van der Waals surface area contributed by atoms with E-state index >= 15 is 0 Å². The second-order valence-corrected chi connectivity index (χ2v) is 21.6. The fraction of sp³-hybridized carbons (Fsp3) is 0.258. The molecule has 0 unspecified atom stereocenters. The molecule has 0 bridgehead atoms. The Morgan fingerprint density at radius 1 is 0.545 bits per heavy atom. The highest BCUT2D eigenvalue weighted by molar-refractivity contribution is 6.93. The highest BCUT2D eigenvalue weighted by Crippen LogP contribution is 2.57. The highest BCUT2D eigenvalue weighted by Gasteiger charge is 2.50. The zero-order valence-corrected chi connectivity index (χ0v) is 40.0. The third kappa shape index (κ3) is 6.09. The molecule has 326 valence electrons. The van der Waals surface area contributed by atoms with Gasteiger partial charge >= 0.3 is 6.85 Å². The molecule has 3 nitrogen and oxygen atoms in total. The first-order chi connectivity index (χ1) is 31.8. The van der Waals surface area contributed by atoms with Crippen LogP contribution in [0.3, 0.4) is 0 Å². The van der Waals surface area contributed by atoms with Crippen molar-refractivity contribution in [1.82, 2.24) is 0 Å². The molecule has 3 heterocycles. The summed E-state index contributed by atoms with van der Waals surface area (Å²) in [6.07, 6.45) is 5.86. The largest absolute Gasteiger partial charge is 0.376 e. The normalized spacial score (nSPS) is 16.5. The van der Waals surface area contributed by atoms with Crippen molar-refractivity contribution in [2.45, 2.75) is 104 Å². The minimum Gasteiger partial charge on any atom is -0.376 e. The smallest absolute Gasteiger partial charge is 0.333 e. The fourth-order valence-corrected chi connectivity index (χ4v) is 12.3. The van der Waals surface area contributed by atoms with Crippen LogP contribution in [0.1, 0.15) is 108 Å². The number of rotatable bonds is 7. The van der Waals surface area contributed by atoms with Gasteiger partial charge in [0.25, 0.3) is 0 Å². The summed E-state index contributed by atoms with van der Waals surface area (Å²) >= 11 is 0. The molecule has 66 heavy (non-hydrogen) atoms. The van der Waals surface area contributed by atoms with E-state index in [0.29, 0.717) is 0 Å². The first-order valence-corrected chi connectivity index (χ1v) is 24.5. The second kappa shape index (κ2) is 14.7. The number of fused-ring (bicyclic) bond motifs is 8. The maximum absolute atomic E-state index is 2.74. The molecular formula is C62H60BN3. The van der Waals surface area contributed by atoms with Crippen molar-refractivity contribution in [1.29, 1.82) is 0 Å². The third-order valence-electron chi connectivity index (χ3n) is 16.0. The number of aryl methyl sites for hydroxylation is 2. The molecule has 0 spiro atoms. The van der Waals surface area contributed by atoms with Crippen LogP contribution >= 0.6 is 0 Å². The van der Waals surface area contributed by atoms with E-state index in [1.807, 2.05) is 0 Å². The van der Waals surface area contributed by atoms with Gasteiger partial charge in [-0.25, -0.2) is 0 Å². The van der Waals surface area contributed by atoms with Crippen LogP contribution in [0.25, 0.3) is 21.9 Å². The number of para-hydroxylation sites is 2. The van der Waals surface area contributed by atoms with Gasteiger partial charge in [-0.3, -0.25) is 0 Å². The average Bonchev–Trinajstić information content (AvgIpc) is 3.32. The predicted octanol–water partition coefficient (Wildman–Crippen LogP) is 15.7. The molecule has 8 aromatic carbocycles. The zero-order chi connectivity index (χ0) is 45.3. The van der Waals surface area contributed by atoms with Gasteiger partial charge in [0.2, 0.25) is 0 Å². The number of benzene rings is 8. The van der Waals surface area contributed by atoms with Gasteiger partial charge in [-0.05, 0) is 171 Å². The lowest BCUT2D eigenvalue weighted by Crippen LogP contribution is -2.62. The van der Waals surface area contributed by atoms with Gasteiger partial charge in [-0.1, -0.05) is 146 Å². The van der Waals surface area contributed by atoms with Crippen molar-refractivity contribution in [3.8, 4) is 11.1 Å². The van der Waals surface area contributed by atoms with Gasteiger partial charge in [0.15, 0.2) is 0 Å². The van der Waals surface area contributed by atoms with Crippen molar-refractivity contribution < 1.29 is 0 Å². The molecule has 4 heteroatoms. The molecule has 0 amide bonds. The van der Waals surface area contributed by atoms with E-state index in [-0.39, 0.29) is 23.1 Å². The molecule has 12 rings (SSSR count). The molecule has 0 saturated heterocycles. The lowest BCUT2D eigenvalue weighted by molar-refractivity contribution is 0.332. The molecule has 4 aliphatic rings. The van der Waals surface area contributed by atoms with Crippen LogP contribution < -0.4 is 25.5 Å². The van der Waals surface area contributed by atoms with Gasteiger partial charge in [0.1, 0.15) is 0 Å². The molecule has 3 aliphatic heterocycles.